The zero-order valence-electron chi connectivity index (χ0n) is 4.83. The molecule has 0 fully saturated rings. The molecular weight excluding hydrogens is 136 g/mol. The molecule has 52 valence electrons. The van der Waals surface area contributed by atoms with E-state index in [-0.39, 0.29) is 0 Å². The minimum Gasteiger partial charge on any atom is -0.870 e. The van der Waals surface area contributed by atoms with Gasteiger partial charge in [-0.25, -0.2) is 0 Å². The Kier molecular flexibility index (Phi) is 1.30. The van der Waals surface area contributed by atoms with E-state index in [2.05, 4.69) is 0 Å². The minimum atomic E-state index is -0.886. The Bertz CT molecular complexity index is 231. The zero-order valence-corrected chi connectivity index (χ0v) is 4.83. The molecule has 0 heterocycles. The van der Waals surface area contributed by atoms with Crippen molar-refractivity contribution in [3.05, 3.63) is 23.7 Å². The molecule has 0 spiro atoms. The summed E-state index contributed by atoms with van der Waals surface area (Å²) in [5.74, 6) is -3.24. The van der Waals surface area contributed by atoms with Gasteiger partial charge < -0.3 is 10.2 Å². The van der Waals surface area contributed by atoms with Gasteiger partial charge in [0, 0.05) is 6.08 Å². The molecule has 0 bridgehead atoms. The van der Waals surface area contributed by atoms with Gasteiger partial charge in [-0.2, -0.15) is 0 Å². The summed E-state index contributed by atoms with van der Waals surface area (Å²) in [7, 11) is 0. The van der Waals surface area contributed by atoms with Crippen LogP contribution in [-0.2, 0) is 9.59 Å². The Morgan fingerprint density at radius 2 is 1.80 bits per heavy atom. The molecule has 4 nitrogen and oxygen atoms in total. The van der Waals surface area contributed by atoms with Crippen LogP contribution in [0.3, 0.4) is 0 Å². The molecule has 1 rings (SSSR count). The molecule has 4 heteroatoms. The lowest BCUT2D eigenvalue weighted by Gasteiger charge is -2.10. The van der Waals surface area contributed by atoms with Gasteiger partial charge in [0.1, 0.15) is 0 Å². The molecule has 0 unspecified atom stereocenters. The van der Waals surface area contributed by atoms with Crippen molar-refractivity contribution in [2.45, 2.75) is 0 Å². The molecule has 10 heavy (non-hydrogen) atoms. The first-order valence-corrected chi connectivity index (χ1v) is 2.49. The fourth-order valence-electron chi connectivity index (χ4n) is 0.531. The second kappa shape index (κ2) is 1.98. The van der Waals surface area contributed by atoms with E-state index >= 15 is 0 Å². The van der Waals surface area contributed by atoms with Gasteiger partial charge in [-0.15, -0.1) is 0 Å². The summed E-state index contributed by atoms with van der Waals surface area (Å²) < 4.78 is 0. The van der Waals surface area contributed by atoms with Gasteiger partial charge in [0.2, 0.25) is 5.78 Å². The summed E-state index contributed by atoms with van der Waals surface area (Å²) >= 11 is 0. The zero-order chi connectivity index (χ0) is 7.72. The smallest absolute Gasteiger partial charge is 0.219 e. The van der Waals surface area contributed by atoms with Crippen LogP contribution in [0.2, 0.25) is 0 Å². The van der Waals surface area contributed by atoms with E-state index in [4.69, 9.17) is 5.11 Å². The van der Waals surface area contributed by atoms with Crippen molar-refractivity contribution in [3.63, 3.8) is 0 Å². The lowest BCUT2D eigenvalue weighted by atomic mass is 10.1. The number of aliphatic hydroxyl groups excluding tert-OH is 1. The van der Waals surface area contributed by atoms with Crippen LogP contribution in [0.15, 0.2) is 23.7 Å². The normalized spacial score (nSPS) is 18.4. The Morgan fingerprint density at radius 3 is 2.30 bits per heavy atom. The third kappa shape index (κ3) is 0.907. The number of hydrogen-bond donors (Lipinski definition) is 1. The average Bonchev–Trinajstić information content (AvgIpc) is 1.84. The molecule has 0 aromatic rings. The van der Waals surface area contributed by atoms with Gasteiger partial charge in [-0.3, -0.25) is 9.59 Å². The molecule has 0 aliphatic heterocycles. The Hall–Kier alpha value is -1.58. The maximum atomic E-state index is 10.4. The first kappa shape index (κ1) is 6.54. The minimum absolute atomic E-state index is 0.567. The van der Waals surface area contributed by atoms with Crippen LogP contribution in [0.5, 0.6) is 0 Å². The second-order valence-corrected chi connectivity index (χ2v) is 1.77. The molecule has 0 atom stereocenters. The maximum Gasteiger partial charge on any atom is 0.219 e. The van der Waals surface area contributed by atoms with E-state index in [0.717, 1.165) is 0 Å². The van der Waals surface area contributed by atoms with Crippen molar-refractivity contribution in [2.24, 2.45) is 0 Å². The molecule has 0 saturated heterocycles. The largest absolute Gasteiger partial charge is 0.870 e. The molecule has 0 amide bonds. The monoisotopic (exact) mass is 139 g/mol. The van der Waals surface area contributed by atoms with Crippen molar-refractivity contribution in [1.29, 1.82) is 0 Å². The van der Waals surface area contributed by atoms with Crippen molar-refractivity contribution in [1.82, 2.24) is 0 Å². The van der Waals surface area contributed by atoms with Gasteiger partial charge in [-0.1, -0.05) is 5.76 Å². The van der Waals surface area contributed by atoms with E-state index in [1.165, 1.54) is 0 Å². The van der Waals surface area contributed by atoms with Crippen LogP contribution >= 0.6 is 0 Å². The van der Waals surface area contributed by atoms with E-state index in [1.54, 1.807) is 0 Å². The van der Waals surface area contributed by atoms with Gasteiger partial charge in [0.05, 0.1) is 0 Å². The fourth-order valence-corrected chi connectivity index (χ4v) is 0.531. The third-order valence-electron chi connectivity index (χ3n) is 1.03. The molecule has 0 aromatic carbocycles. The quantitative estimate of drug-likeness (QED) is 0.428. The van der Waals surface area contributed by atoms with Gasteiger partial charge in [0.15, 0.2) is 11.5 Å². The Labute approximate surface area is 56.1 Å². The standard InChI is InChI=1S/C6H4O4/c7-3-1-4(8)6(10)2-5(3)9/h1-2,7,10H/p-1. The maximum absolute atomic E-state index is 10.4. The van der Waals surface area contributed by atoms with Crippen LogP contribution in [-0.4, -0.2) is 16.7 Å². The third-order valence-corrected chi connectivity index (χ3v) is 1.03. The summed E-state index contributed by atoms with van der Waals surface area (Å²) in [5, 5.41) is 18.9. The highest BCUT2D eigenvalue weighted by molar-refractivity contribution is 6.17. The lowest BCUT2D eigenvalue weighted by Crippen LogP contribution is -2.20. The Morgan fingerprint density at radius 1 is 1.20 bits per heavy atom. The highest BCUT2D eigenvalue weighted by Gasteiger charge is 2.12. The number of aliphatic hydroxyl groups is 1. The van der Waals surface area contributed by atoms with Gasteiger partial charge >= 0.3 is 0 Å². The molecule has 0 radical (unpaired) electrons. The van der Waals surface area contributed by atoms with Gasteiger partial charge in [-0.05, 0) is 6.08 Å². The molecule has 1 aliphatic rings. The number of hydrogen-bond acceptors (Lipinski definition) is 4. The number of allylic oxidation sites excluding steroid dienone is 2. The van der Waals surface area contributed by atoms with Crippen molar-refractivity contribution in [3.8, 4) is 0 Å². The number of ketones is 2. The summed E-state index contributed by atoms with van der Waals surface area (Å²) in [5.41, 5.74) is 0. The van der Waals surface area contributed by atoms with E-state index in [0.29, 0.717) is 12.2 Å². The van der Waals surface area contributed by atoms with E-state index < -0.39 is 23.1 Å². The van der Waals surface area contributed by atoms with E-state index in [1.807, 2.05) is 0 Å². The predicted octanol–water partition coefficient (Wildman–Crippen LogP) is -1.18. The number of carbonyl (C=O) groups excluding carboxylic acids is 2. The van der Waals surface area contributed by atoms with Gasteiger partial charge in [0.25, 0.3) is 0 Å². The summed E-state index contributed by atoms with van der Waals surface area (Å²) in [6.07, 6.45) is 1.18. The van der Waals surface area contributed by atoms with Crippen molar-refractivity contribution >= 4 is 11.6 Å². The number of carbonyl (C=O) groups is 2. The summed E-state index contributed by atoms with van der Waals surface area (Å²) in [6.45, 7) is 0. The van der Waals surface area contributed by atoms with E-state index in [9.17, 15) is 14.7 Å². The molecule has 0 saturated carbocycles. The van der Waals surface area contributed by atoms with Crippen molar-refractivity contribution < 1.29 is 19.8 Å². The average molecular weight is 139 g/mol. The fraction of sp³-hybridized carbons (Fsp3) is 0. The van der Waals surface area contributed by atoms with Crippen LogP contribution in [0.1, 0.15) is 0 Å². The summed E-state index contributed by atoms with van der Waals surface area (Å²) in [4.78, 5) is 20.8. The topological polar surface area (TPSA) is 77.4 Å². The first-order chi connectivity index (χ1) is 4.61. The van der Waals surface area contributed by atoms with Crippen molar-refractivity contribution in [2.75, 3.05) is 0 Å². The van der Waals surface area contributed by atoms with Crippen LogP contribution < -0.4 is 5.11 Å². The lowest BCUT2D eigenvalue weighted by molar-refractivity contribution is -0.297. The Balaban J connectivity index is 3.03. The molecule has 0 aromatic heterocycles. The second-order valence-electron chi connectivity index (χ2n) is 1.77. The van der Waals surface area contributed by atoms with Crippen LogP contribution in [0, 0.1) is 0 Å². The highest BCUT2D eigenvalue weighted by Crippen LogP contribution is 2.03. The summed E-state index contributed by atoms with van der Waals surface area (Å²) in [6, 6.07) is 0. The predicted molar refractivity (Wildman–Crippen MR) is 28.8 cm³/mol. The first-order valence-electron chi connectivity index (χ1n) is 2.49. The van der Waals surface area contributed by atoms with Crippen LogP contribution in [0.4, 0.5) is 0 Å². The number of rotatable bonds is 0. The van der Waals surface area contributed by atoms with Crippen LogP contribution in [0.25, 0.3) is 0 Å². The molecular formula is C6H3O4-. The molecule has 1 N–H and O–H groups in total. The molecule has 1 aliphatic carbocycles. The SMILES string of the molecule is O=C1C=C(O)C(=O)C=C1[O-]. The highest BCUT2D eigenvalue weighted by atomic mass is 16.3.